The Labute approximate surface area is 81.7 Å². The van der Waals surface area contributed by atoms with Gasteiger partial charge < -0.3 is 5.11 Å². The number of amides is 1. The Balaban J connectivity index is 3.13. The zero-order chi connectivity index (χ0) is 9.14. The molecule has 1 rings (SSSR count). The summed E-state index contributed by atoms with van der Waals surface area (Å²) in [6.07, 6.45) is 0. The number of rotatable bonds is 1. The summed E-state index contributed by atoms with van der Waals surface area (Å²) in [5.74, 6) is -0.896. The summed E-state index contributed by atoms with van der Waals surface area (Å²) in [5.41, 5.74) is 0.0999. The molecule has 0 fully saturated rings. The quantitative estimate of drug-likeness (QED) is 0.629. The summed E-state index contributed by atoms with van der Waals surface area (Å²) < 4.78 is 0.620. The molecule has 0 bridgehead atoms. The van der Waals surface area contributed by atoms with Crippen molar-refractivity contribution in [1.82, 2.24) is 0 Å². The lowest BCUT2D eigenvalue weighted by Crippen LogP contribution is -1.92. The van der Waals surface area contributed by atoms with Crippen LogP contribution < -0.4 is 0 Å². The fraction of sp³-hybridized carbons (Fsp3) is 0. The zero-order valence-corrected chi connectivity index (χ0v) is 7.98. The molecular weight excluding hydrogens is 273 g/mol. The van der Waals surface area contributed by atoms with Gasteiger partial charge in [-0.25, -0.2) is 0 Å². The smallest absolute Gasteiger partial charge is 0.316 e. The second-order valence-corrected chi connectivity index (χ2v) is 3.22. The van der Waals surface area contributed by atoms with Crippen LogP contribution in [-0.4, -0.2) is 11.0 Å². The van der Waals surface area contributed by atoms with Crippen LogP contribution in [0.4, 0.5) is 0 Å². The van der Waals surface area contributed by atoms with Crippen molar-refractivity contribution in [2.45, 2.75) is 0 Å². The average molecular weight is 277 g/mol. The van der Waals surface area contributed by atoms with E-state index in [9.17, 15) is 9.70 Å². The molecule has 62 valence electrons. The van der Waals surface area contributed by atoms with Crippen molar-refractivity contribution < 1.29 is 9.90 Å². The average Bonchev–Trinajstić information content (AvgIpc) is 2.08. The second-order valence-electron chi connectivity index (χ2n) is 2.06. The molecule has 1 aromatic rings. The van der Waals surface area contributed by atoms with E-state index in [1.807, 2.05) is 22.6 Å². The SMILES string of the molecule is O=NC(=O)c1ccc(I)c(O)c1. The zero-order valence-electron chi connectivity index (χ0n) is 5.82. The summed E-state index contributed by atoms with van der Waals surface area (Å²) in [7, 11) is 0. The number of hydrogen-bond donors (Lipinski definition) is 1. The van der Waals surface area contributed by atoms with Gasteiger partial charge in [-0.05, 0) is 40.8 Å². The van der Waals surface area contributed by atoms with Gasteiger partial charge >= 0.3 is 5.91 Å². The van der Waals surface area contributed by atoms with E-state index in [2.05, 4.69) is 5.18 Å². The van der Waals surface area contributed by atoms with Gasteiger partial charge in [0.2, 0.25) is 0 Å². The summed E-state index contributed by atoms with van der Waals surface area (Å²) in [6.45, 7) is 0. The molecule has 0 saturated heterocycles. The number of phenolic OH excluding ortho intramolecular Hbond substituents is 1. The van der Waals surface area contributed by atoms with E-state index >= 15 is 0 Å². The highest BCUT2D eigenvalue weighted by Gasteiger charge is 2.07. The van der Waals surface area contributed by atoms with Crippen LogP contribution in [0.3, 0.4) is 0 Å². The Bertz CT molecular complexity index is 337. The number of hydrogen-bond acceptors (Lipinski definition) is 3. The monoisotopic (exact) mass is 277 g/mol. The van der Waals surface area contributed by atoms with Gasteiger partial charge in [0.15, 0.2) is 0 Å². The van der Waals surface area contributed by atoms with Crippen LogP contribution in [0.25, 0.3) is 0 Å². The largest absolute Gasteiger partial charge is 0.507 e. The van der Waals surface area contributed by atoms with Crippen molar-refractivity contribution in [3.8, 4) is 5.75 Å². The van der Waals surface area contributed by atoms with Crippen molar-refractivity contribution in [2.24, 2.45) is 5.18 Å². The van der Waals surface area contributed by atoms with E-state index < -0.39 is 5.91 Å². The van der Waals surface area contributed by atoms with Crippen LogP contribution in [0.1, 0.15) is 10.4 Å². The van der Waals surface area contributed by atoms with Crippen molar-refractivity contribution in [3.63, 3.8) is 0 Å². The van der Waals surface area contributed by atoms with Crippen LogP contribution in [-0.2, 0) is 0 Å². The van der Waals surface area contributed by atoms with Gasteiger partial charge in [0.1, 0.15) is 5.75 Å². The van der Waals surface area contributed by atoms with E-state index in [4.69, 9.17) is 5.11 Å². The molecule has 0 aliphatic heterocycles. The lowest BCUT2D eigenvalue weighted by atomic mass is 10.2. The molecule has 1 N–H and O–H groups in total. The Morgan fingerprint density at radius 3 is 2.67 bits per heavy atom. The maximum Gasteiger partial charge on any atom is 0.316 e. The third kappa shape index (κ3) is 1.79. The number of carbonyl (C=O) groups is 1. The topological polar surface area (TPSA) is 66.7 Å². The Morgan fingerprint density at radius 2 is 2.17 bits per heavy atom. The van der Waals surface area contributed by atoms with Crippen LogP contribution in [0.2, 0.25) is 0 Å². The van der Waals surface area contributed by atoms with Crippen molar-refractivity contribution >= 4 is 28.5 Å². The number of phenols is 1. The molecule has 0 saturated carbocycles. The van der Waals surface area contributed by atoms with Crippen molar-refractivity contribution in [1.29, 1.82) is 0 Å². The van der Waals surface area contributed by atoms with Crippen LogP contribution in [0.15, 0.2) is 23.4 Å². The first kappa shape index (κ1) is 9.11. The minimum absolute atomic E-state index is 0.0231. The predicted octanol–water partition coefficient (Wildman–Crippen LogP) is 1.90. The molecule has 1 amide bonds. The summed E-state index contributed by atoms with van der Waals surface area (Å²) >= 11 is 1.91. The normalized spacial score (nSPS) is 9.42. The standard InChI is InChI=1S/C7H4INO3/c8-5-2-1-4(3-6(5)10)7(11)9-12/h1-3,10H. The fourth-order valence-electron chi connectivity index (χ4n) is 0.698. The van der Waals surface area contributed by atoms with Gasteiger partial charge in [-0.2, -0.15) is 0 Å². The van der Waals surface area contributed by atoms with Gasteiger partial charge in [-0.3, -0.25) is 4.79 Å². The second kappa shape index (κ2) is 3.61. The predicted molar refractivity (Wildman–Crippen MR) is 50.9 cm³/mol. The minimum Gasteiger partial charge on any atom is -0.507 e. The number of halogens is 1. The van der Waals surface area contributed by atoms with Crippen LogP contribution >= 0.6 is 22.6 Å². The molecule has 1 aromatic carbocycles. The number of carbonyl (C=O) groups excluding carboxylic acids is 1. The van der Waals surface area contributed by atoms with E-state index in [-0.39, 0.29) is 11.3 Å². The van der Waals surface area contributed by atoms with Crippen molar-refractivity contribution in [2.75, 3.05) is 0 Å². The number of aromatic hydroxyl groups is 1. The first-order valence-electron chi connectivity index (χ1n) is 3.01. The molecule has 0 radical (unpaired) electrons. The highest BCUT2D eigenvalue weighted by Crippen LogP contribution is 2.20. The van der Waals surface area contributed by atoms with Crippen LogP contribution in [0, 0.1) is 8.48 Å². The lowest BCUT2D eigenvalue weighted by Gasteiger charge is -1.96. The van der Waals surface area contributed by atoms with E-state index in [1.165, 1.54) is 18.2 Å². The molecule has 0 spiro atoms. The molecule has 0 atom stereocenters. The maximum absolute atomic E-state index is 10.7. The summed E-state index contributed by atoms with van der Waals surface area (Å²) in [5, 5.41) is 11.4. The fourth-order valence-corrected chi connectivity index (χ4v) is 1.03. The van der Waals surface area contributed by atoms with E-state index in [1.54, 1.807) is 0 Å². The molecule has 4 nitrogen and oxygen atoms in total. The van der Waals surface area contributed by atoms with Gasteiger partial charge in [-0.15, -0.1) is 4.91 Å². The third-order valence-corrected chi connectivity index (χ3v) is 2.19. The van der Waals surface area contributed by atoms with Crippen molar-refractivity contribution in [3.05, 3.63) is 32.2 Å². The number of nitrogens with zero attached hydrogens (tertiary/aromatic N) is 1. The maximum atomic E-state index is 10.7. The lowest BCUT2D eigenvalue weighted by molar-refractivity contribution is 0.100. The molecule has 12 heavy (non-hydrogen) atoms. The first-order chi connectivity index (χ1) is 5.65. The molecular formula is C7H4INO3. The Hall–Kier alpha value is -0.980. The highest BCUT2D eigenvalue weighted by atomic mass is 127. The van der Waals surface area contributed by atoms with E-state index in [0.717, 1.165) is 0 Å². The molecule has 5 heteroatoms. The molecule has 0 aliphatic carbocycles. The molecule has 0 aliphatic rings. The molecule has 0 aromatic heterocycles. The summed E-state index contributed by atoms with van der Waals surface area (Å²) in [6, 6.07) is 4.19. The van der Waals surface area contributed by atoms with Gasteiger partial charge in [0.05, 0.1) is 3.57 Å². The van der Waals surface area contributed by atoms with Gasteiger partial charge in [-0.1, -0.05) is 0 Å². The Morgan fingerprint density at radius 1 is 1.50 bits per heavy atom. The first-order valence-corrected chi connectivity index (χ1v) is 4.09. The number of nitroso groups, excluding NO2 is 1. The third-order valence-electron chi connectivity index (χ3n) is 1.28. The molecule has 0 unspecified atom stereocenters. The number of benzene rings is 1. The minimum atomic E-state index is -0.873. The summed E-state index contributed by atoms with van der Waals surface area (Å²) in [4.78, 5) is 20.5. The highest BCUT2D eigenvalue weighted by molar-refractivity contribution is 14.1. The van der Waals surface area contributed by atoms with Gasteiger partial charge in [0.25, 0.3) is 0 Å². The Kier molecular flexibility index (Phi) is 2.74. The molecule has 0 heterocycles. The van der Waals surface area contributed by atoms with E-state index in [0.29, 0.717) is 3.57 Å². The van der Waals surface area contributed by atoms with Crippen LogP contribution in [0.5, 0.6) is 5.75 Å². The van der Waals surface area contributed by atoms with Gasteiger partial charge in [0, 0.05) is 10.7 Å².